The summed E-state index contributed by atoms with van der Waals surface area (Å²) in [7, 11) is 0. The number of anilines is 2. The molecule has 2 atom stereocenters. The molecule has 2 aromatic heterocycles. The second-order valence-corrected chi connectivity index (χ2v) is 11.2. The molecule has 6 rings (SSSR count). The molecule has 0 radical (unpaired) electrons. The van der Waals surface area contributed by atoms with E-state index in [0.717, 1.165) is 52.5 Å². The summed E-state index contributed by atoms with van der Waals surface area (Å²) >= 11 is 12.9. The molecule has 2 aromatic carbocycles. The summed E-state index contributed by atoms with van der Waals surface area (Å²) in [4.78, 5) is 9.32. The van der Waals surface area contributed by atoms with Crippen LogP contribution in [0.25, 0.3) is 5.69 Å². The van der Waals surface area contributed by atoms with Crippen molar-refractivity contribution in [2.75, 3.05) is 22.9 Å². The number of hydrogen-bond acceptors (Lipinski definition) is 3. The van der Waals surface area contributed by atoms with Crippen molar-refractivity contribution < 1.29 is 0 Å². The number of nitrogens with one attached hydrogen (secondary N) is 1. The van der Waals surface area contributed by atoms with Crippen LogP contribution in [0.15, 0.2) is 85.2 Å². The average Bonchev–Trinajstić information content (AvgIpc) is 3.54. The first-order chi connectivity index (χ1) is 18.5. The maximum Gasteiger partial charge on any atom is 0.174 e. The van der Waals surface area contributed by atoms with E-state index < -0.39 is 0 Å². The molecule has 2 fully saturated rings. The molecule has 2 saturated heterocycles. The standard InChI is InChI=1S/C31H32ClN5S/c1-21-14-18-35(19-15-21)27-13-12-23(20-24(27)32)37-30(29(34-31(37)38)25-9-5-6-16-33-25)28-11-7-17-36(28)26-10-4-3-8-22(26)2/h3-13,16-17,20-21,29-30H,14-15,18-19H2,1-2H3,(H,34,38). The highest BCUT2D eigenvalue weighted by atomic mass is 35.5. The zero-order valence-electron chi connectivity index (χ0n) is 21.7. The molecule has 2 unspecified atom stereocenters. The number of rotatable bonds is 5. The maximum atomic E-state index is 6.95. The first kappa shape index (κ1) is 25.0. The average molecular weight is 542 g/mol. The highest BCUT2D eigenvalue weighted by Crippen LogP contribution is 2.44. The van der Waals surface area contributed by atoms with E-state index in [4.69, 9.17) is 28.8 Å². The Bertz CT molecular complexity index is 1440. The van der Waals surface area contributed by atoms with Crippen LogP contribution in [0.3, 0.4) is 0 Å². The quantitative estimate of drug-likeness (QED) is 0.269. The van der Waals surface area contributed by atoms with E-state index in [0.29, 0.717) is 5.11 Å². The molecule has 0 bridgehead atoms. The molecule has 0 aliphatic carbocycles. The van der Waals surface area contributed by atoms with Gasteiger partial charge in [-0.25, -0.2) is 0 Å². The predicted molar refractivity (Wildman–Crippen MR) is 161 cm³/mol. The van der Waals surface area contributed by atoms with E-state index in [1.807, 2.05) is 18.3 Å². The lowest BCUT2D eigenvalue weighted by atomic mass is 9.98. The van der Waals surface area contributed by atoms with Crippen molar-refractivity contribution in [2.24, 2.45) is 5.92 Å². The Balaban J connectivity index is 1.43. The van der Waals surface area contributed by atoms with Gasteiger partial charge in [-0.1, -0.05) is 42.8 Å². The van der Waals surface area contributed by atoms with Gasteiger partial charge in [0.15, 0.2) is 5.11 Å². The lowest BCUT2D eigenvalue weighted by Crippen LogP contribution is -2.33. The Labute approximate surface area is 235 Å². The molecule has 2 aliphatic rings. The number of nitrogens with zero attached hydrogens (tertiary/aromatic N) is 4. The van der Waals surface area contributed by atoms with Crippen LogP contribution < -0.4 is 15.1 Å². The molecule has 4 heterocycles. The molecule has 194 valence electrons. The van der Waals surface area contributed by atoms with Gasteiger partial charge in [-0.15, -0.1) is 0 Å². The number of hydrogen-bond donors (Lipinski definition) is 1. The van der Waals surface area contributed by atoms with Crippen molar-refractivity contribution in [2.45, 2.75) is 38.8 Å². The Morgan fingerprint density at radius 1 is 0.947 bits per heavy atom. The van der Waals surface area contributed by atoms with E-state index in [-0.39, 0.29) is 12.1 Å². The summed E-state index contributed by atoms with van der Waals surface area (Å²) in [5, 5.41) is 5.00. The molecule has 7 heteroatoms. The number of benzene rings is 2. The third-order valence-electron chi connectivity index (χ3n) is 7.89. The van der Waals surface area contributed by atoms with E-state index in [1.165, 1.54) is 18.4 Å². The fourth-order valence-corrected chi connectivity index (χ4v) is 6.41. The van der Waals surface area contributed by atoms with Gasteiger partial charge >= 0.3 is 0 Å². The van der Waals surface area contributed by atoms with Crippen molar-refractivity contribution in [3.05, 3.63) is 107 Å². The fourth-order valence-electron chi connectivity index (χ4n) is 5.77. The molecule has 38 heavy (non-hydrogen) atoms. The second kappa shape index (κ2) is 10.4. The largest absolute Gasteiger partial charge is 0.370 e. The van der Waals surface area contributed by atoms with Crippen LogP contribution in [0.5, 0.6) is 0 Å². The van der Waals surface area contributed by atoms with Crippen LogP contribution in [0.2, 0.25) is 5.02 Å². The molecule has 0 spiro atoms. The van der Waals surface area contributed by atoms with Crippen LogP contribution in [0, 0.1) is 12.8 Å². The van der Waals surface area contributed by atoms with Gasteiger partial charge < -0.3 is 19.7 Å². The monoisotopic (exact) mass is 541 g/mol. The lowest BCUT2D eigenvalue weighted by molar-refractivity contribution is 0.438. The Morgan fingerprint density at radius 2 is 1.74 bits per heavy atom. The summed E-state index contributed by atoms with van der Waals surface area (Å²) in [5.41, 5.74) is 6.52. The summed E-state index contributed by atoms with van der Waals surface area (Å²) in [6.07, 6.45) is 6.36. The summed E-state index contributed by atoms with van der Waals surface area (Å²) in [6, 6.07) is 24.9. The Hall–Kier alpha value is -3.35. The Kier molecular flexibility index (Phi) is 6.85. The van der Waals surface area contributed by atoms with Gasteiger partial charge in [0.05, 0.1) is 22.4 Å². The number of thiocarbonyl (C=S) groups is 1. The van der Waals surface area contributed by atoms with E-state index in [2.05, 4.69) is 100 Å². The van der Waals surface area contributed by atoms with Gasteiger partial charge in [-0.2, -0.15) is 0 Å². The highest BCUT2D eigenvalue weighted by Gasteiger charge is 2.42. The number of pyridine rings is 1. The maximum absolute atomic E-state index is 6.95. The molecular weight excluding hydrogens is 510 g/mol. The first-order valence-electron chi connectivity index (χ1n) is 13.3. The SMILES string of the molecule is Cc1ccccc1-n1cccc1C1C(c2ccccn2)NC(=S)N1c1ccc(N2CCC(C)CC2)c(Cl)c1. The molecular formula is C31H32ClN5S. The van der Waals surface area contributed by atoms with E-state index in [1.54, 1.807) is 0 Å². The van der Waals surface area contributed by atoms with Crippen LogP contribution in [-0.2, 0) is 0 Å². The van der Waals surface area contributed by atoms with Gasteiger partial charge in [0, 0.05) is 42.6 Å². The molecule has 1 N–H and O–H groups in total. The molecule has 4 aromatic rings. The Morgan fingerprint density at radius 3 is 2.47 bits per heavy atom. The van der Waals surface area contributed by atoms with Crippen LogP contribution >= 0.6 is 23.8 Å². The van der Waals surface area contributed by atoms with Crippen molar-refractivity contribution in [1.29, 1.82) is 0 Å². The van der Waals surface area contributed by atoms with Crippen molar-refractivity contribution >= 4 is 40.3 Å². The predicted octanol–water partition coefficient (Wildman–Crippen LogP) is 7.25. The molecule has 0 amide bonds. The van der Waals surface area contributed by atoms with Crippen molar-refractivity contribution in [3.8, 4) is 5.69 Å². The minimum atomic E-state index is -0.122. The zero-order chi connectivity index (χ0) is 26.2. The van der Waals surface area contributed by atoms with Gasteiger partial charge in [0.1, 0.15) is 6.04 Å². The minimum absolute atomic E-state index is 0.121. The second-order valence-electron chi connectivity index (χ2n) is 10.4. The number of para-hydroxylation sites is 1. The minimum Gasteiger partial charge on any atom is -0.370 e. The van der Waals surface area contributed by atoms with Gasteiger partial charge in [0.2, 0.25) is 0 Å². The topological polar surface area (TPSA) is 36.3 Å². The van der Waals surface area contributed by atoms with Crippen molar-refractivity contribution in [1.82, 2.24) is 14.9 Å². The van der Waals surface area contributed by atoms with Crippen LogP contribution in [0.1, 0.15) is 48.8 Å². The number of piperidine rings is 1. The number of aromatic nitrogens is 2. The summed E-state index contributed by atoms with van der Waals surface area (Å²) in [6.45, 7) is 6.55. The van der Waals surface area contributed by atoms with Crippen LogP contribution in [0.4, 0.5) is 11.4 Å². The van der Waals surface area contributed by atoms with Crippen LogP contribution in [-0.4, -0.2) is 27.8 Å². The number of halogens is 1. The zero-order valence-corrected chi connectivity index (χ0v) is 23.3. The van der Waals surface area contributed by atoms with Crippen molar-refractivity contribution in [3.63, 3.8) is 0 Å². The summed E-state index contributed by atoms with van der Waals surface area (Å²) < 4.78 is 2.27. The third-order valence-corrected chi connectivity index (χ3v) is 8.51. The van der Waals surface area contributed by atoms with Gasteiger partial charge in [-0.05, 0) is 92.0 Å². The number of aryl methyl sites for hydroxylation is 1. The molecule has 5 nitrogen and oxygen atoms in total. The fraction of sp³-hybridized carbons (Fsp3) is 0.290. The molecule has 0 saturated carbocycles. The highest BCUT2D eigenvalue weighted by molar-refractivity contribution is 7.80. The smallest absolute Gasteiger partial charge is 0.174 e. The first-order valence-corrected chi connectivity index (χ1v) is 14.1. The lowest BCUT2D eigenvalue weighted by Gasteiger charge is -2.33. The van der Waals surface area contributed by atoms with Gasteiger partial charge in [0.25, 0.3) is 0 Å². The summed E-state index contributed by atoms with van der Waals surface area (Å²) in [5.74, 6) is 0.770. The van der Waals surface area contributed by atoms with Gasteiger partial charge in [-0.3, -0.25) is 4.98 Å². The third kappa shape index (κ3) is 4.56. The normalized spacial score (nSPS) is 20.1. The van der Waals surface area contributed by atoms with E-state index in [9.17, 15) is 0 Å². The van der Waals surface area contributed by atoms with E-state index >= 15 is 0 Å². The molecule has 2 aliphatic heterocycles.